The van der Waals surface area contributed by atoms with Crippen LogP contribution in [-0.2, 0) is 24.3 Å². The second kappa shape index (κ2) is 9.14. The molecule has 32 heavy (non-hydrogen) atoms. The normalized spacial score (nSPS) is 23.8. The molecule has 1 aromatic rings. The van der Waals surface area contributed by atoms with E-state index in [2.05, 4.69) is 4.74 Å². The van der Waals surface area contributed by atoms with Crippen molar-refractivity contribution in [3.8, 4) is 5.75 Å². The average molecular weight is 480 g/mol. The van der Waals surface area contributed by atoms with Gasteiger partial charge in [0.1, 0.15) is 18.5 Å². The molecule has 0 spiro atoms. The first kappa shape index (κ1) is 24.1. The van der Waals surface area contributed by atoms with Crippen molar-refractivity contribution in [1.29, 1.82) is 0 Å². The lowest BCUT2D eigenvalue weighted by atomic mass is 9.94. The SMILES string of the molecule is COC(=O)C[C@@H]1CC[C@H]2[C@@H](COc3ccc(NS(=O)(=O)CC(F)(F)F)cc3C(=O)N2C)O1. The van der Waals surface area contributed by atoms with E-state index < -0.39 is 39.9 Å². The molecule has 1 amide bonds. The van der Waals surface area contributed by atoms with E-state index in [0.29, 0.717) is 12.8 Å². The fourth-order valence-corrected chi connectivity index (χ4v) is 4.78. The fourth-order valence-electron chi connectivity index (χ4n) is 3.79. The number of likely N-dealkylation sites (N-methyl/N-ethyl adjacent to an activating group) is 1. The first-order chi connectivity index (χ1) is 14.9. The van der Waals surface area contributed by atoms with Gasteiger partial charge in [-0.25, -0.2) is 8.42 Å². The minimum Gasteiger partial charge on any atom is -0.490 e. The Hall–Kier alpha value is -2.54. The molecule has 3 atom stereocenters. The van der Waals surface area contributed by atoms with E-state index >= 15 is 0 Å². The minimum absolute atomic E-state index is 0.00911. The van der Waals surface area contributed by atoms with Gasteiger partial charge in [0.05, 0.1) is 31.2 Å². The number of nitrogens with zero attached hydrogens (tertiary/aromatic N) is 1. The smallest absolute Gasteiger partial charge is 0.404 e. The molecule has 0 aliphatic carbocycles. The molecule has 1 aromatic carbocycles. The molecule has 2 aliphatic rings. The zero-order chi connectivity index (χ0) is 23.7. The summed E-state index contributed by atoms with van der Waals surface area (Å²) < 4.78 is 79.1. The van der Waals surface area contributed by atoms with E-state index in [1.165, 1.54) is 24.1 Å². The maximum Gasteiger partial charge on any atom is 0.404 e. The van der Waals surface area contributed by atoms with Crippen LogP contribution in [-0.4, -0.2) is 76.1 Å². The third-order valence-corrected chi connectivity index (χ3v) is 6.51. The van der Waals surface area contributed by atoms with Gasteiger partial charge in [0.15, 0.2) is 5.75 Å². The third kappa shape index (κ3) is 5.82. The molecule has 1 N–H and O–H groups in total. The lowest BCUT2D eigenvalue weighted by molar-refractivity contribution is -0.151. The highest BCUT2D eigenvalue weighted by molar-refractivity contribution is 7.92. The summed E-state index contributed by atoms with van der Waals surface area (Å²) in [5.41, 5.74) is -0.177. The summed E-state index contributed by atoms with van der Waals surface area (Å²) in [4.78, 5) is 26.0. The highest BCUT2D eigenvalue weighted by Crippen LogP contribution is 2.33. The fraction of sp³-hybridized carbons (Fsp3) is 0.579. The van der Waals surface area contributed by atoms with Gasteiger partial charge in [-0.2, -0.15) is 13.2 Å². The van der Waals surface area contributed by atoms with Gasteiger partial charge < -0.3 is 19.1 Å². The summed E-state index contributed by atoms with van der Waals surface area (Å²) >= 11 is 0. The number of methoxy groups -OCH3 is 1. The van der Waals surface area contributed by atoms with Crippen LogP contribution >= 0.6 is 0 Å². The van der Waals surface area contributed by atoms with Crippen LogP contribution in [0.25, 0.3) is 0 Å². The predicted molar refractivity (Wildman–Crippen MR) is 106 cm³/mol. The summed E-state index contributed by atoms with van der Waals surface area (Å²) in [6, 6.07) is 3.30. The van der Waals surface area contributed by atoms with Crippen molar-refractivity contribution >= 4 is 27.6 Å². The number of ether oxygens (including phenoxy) is 3. The highest BCUT2D eigenvalue weighted by atomic mass is 32.2. The molecule has 1 saturated heterocycles. The van der Waals surface area contributed by atoms with Crippen LogP contribution in [0.2, 0.25) is 0 Å². The van der Waals surface area contributed by atoms with Crippen LogP contribution in [0.1, 0.15) is 29.6 Å². The molecule has 0 radical (unpaired) electrons. The molecule has 0 unspecified atom stereocenters. The Balaban J connectivity index is 1.80. The Kier molecular flexibility index (Phi) is 6.89. The maximum absolute atomic E-state index is 13.1. The minimum atomic E-state index is -4.91. The van der Waals surface area contributed by atoms with Gasteiger partial charge in [0.25, 0.3) is 5.91 Å². The second-order valence-electron chi connectivity index (χ2n) is 7.64. The number of carbonyl (C=O) groups excluding carboxylic acids is 2. The van der Waals surface area contributed by atoms with Crippen LogP contribution in [0.5, 0.6) is 5.75 Å². The number of hydrogen-bond donors (Lipinski definition) is 1. The zero-order valence-electron chi connectivity index (χ0n) is 17.3. The number of esters is 1. The van der Waals surface area contributed by atoms with Crippen molar-refractivity contribution in [2.75, 3.05) is 31.2 Å². The number of fused-ring (bicyclic) bond motifs is 2. The lowest BCUT2D eigenvalue weighted by Crippen LogP contribution is -2.53. The number of halogens is 3. The number of nitrogens with one attached hydrogen (secondary N) is 1. The molecule has 0 aromatic heterocycles. The number of alkyl halides is 3. The van der Waals surface area contributed by atoms with E-state index in [4.69, 9.17) is 9.47 Å². The van der Waals surface area contributed by atoms with E-state index in [-0.39, 0.29) is 42.2 Å². The Morgan fingerprint density at radius 1 is 1.31 bits per heavy atom. The van der Waals surface area contributed by atoms with E-state index in [0.717, 1.165) is 6.07 Å². The van der Waals surface area contributed by atoms with Crippen molar-refractivity contribution in [2.45, 2.75) is 43.7 Å². The van der Waals surface area contributed by atoms with E-state index in [9.17, 15) is 31.2 Å². The van der Waals surface area contributed by atoms with Crippen LogP contribution in [0.4, 0.5) is 18.9 Å². The molecule has 2 aliphatic heterocycles. The van der Waals surface area contributed by atoms with Crippen molar-refractivity contribution in [1.82, 2.24) is 4.90 Å². The molecular weight excluding hydrogens is 457 g/mol. The zero-order valence-corrected chi connectivity index (χ0v) is 18.2. The average Bonchev–Trinajstić information content (AvgIpc) is 2.68. The first-order valence-corrected chi connectivity index (χ1v) is 11.4. The molecule has 0 saturated carbocycles. The van der Waals surface area contributed by atoms with Crippen LogP contribution in [0.3, 0.4) is 0 Å². The summed E-state index contributed by atoms with van der Waals surface area (Å²) in [5.74, 6) is -2.82. The molecule has 1 fully saturated rings. The molecule has 2 heterocycles. The van der Waals surface area contributed by atoms with E-state index in [1.54, 1.807) is 7.05 Å². The standard InChI is InChI=1S/C19H23F3N2O7S/c1-24-14-5-4-12(8-17(25)29-2)31-16(14)9-30-15-6-3-11(7-13(15)18(24)26)23-32(27,28)10-19(20,21)22/h3,6-7,12,14,16,23H,4-5,8-10H2,1-2H3/t12-,14-,16+/m0/s1. The first-order valence-electron chi connectivity index (χ1n) is 9.72. The van der Waals surface area contributed by atoms with Crippen LogP contribution in [0, 0.1) is 0 Å². The largest absolute Gasteiger partial charge is 0.490 e. The van der Waals surface area contributed by atoms with Gasteiger partial charge in [-0.05, 0) is 31.0 Å². The Morgan fingerprint density at radius 2 is 2.03 bits per heavy atom. The molecule has 3 rings (SSSR count). The van der Waals surface area contributed by atoms with Crippen molar-refractivity contribution in [3.05, 3.63) is 23.8 Å². The topological polar surface area (TPSA) is 111 Å². The van der Waals surface area contributed by atoms with Crippen LogP contribution in [0.15, 0.2) is 18.2 Å². The maximum atomic E-state index is 13.1. The second-order valence-corrected chi connectivity index (χ2v) is 9.36. The van der Waals surface area contributed by atoms with Gasteiger partial charge >= 0.3 is 12.1 Å². The summed E-state index contributed by atoms with van der Waals surface area (Å²) in [5, 5.41) is 0. The number of anilines is 1. The van der Waals surface area contributed by atoms with Crippen molar-refractivity contribution in [3.63, 3.8) is 0 Å². The van der Waals surface area contributed by atoms with Gasteiger partial charge in [0, 0.05) is 12.7 Å². The van der Waals surface area contributed by atoms with Gasteiger partial charge in [-0.3, -0.25) is 14.3 Å². The van der Waals surface area contributed by atoms with Crippen molar-refractivity contribution in [2.24, 2.45) is 0 Å². The molecule has 13 heteroatoms. The monoisotopic (exact) mass is 480 g/mol. The van der Waals surface area contributed by atoms with Gasteiger partial charge in [0.2, 0.25) is 10.0 Å². The Morgan fingerprint density at radius 3 is 2.69 bits per heavy atom. The third-order valence-electron chi connectivity index (χ3n) is 5.26. The lowest BCUT2D eigenvalue weighted by Gasteiger charge is -2.42. The number of amides is 1. The molecule has 0 bridgehead atoms. The summed E-state index contributed by atoms with van der Waals surface area (Å²) in [6.45, 7) is 0.0616. The number of benzene rings is 1. The van der Waals surface area contributed by atoms with Gasteiger partial charge in [-0.1, -0.05) is 0 Å². The summed E-state index contributed by atoms with van der Waals surface area (Å²) in [7, 11) is -1.86. The number of carbonyl (C=O) groups is 2. The molecular formula is C19H23F3N2O7S. The number of rotatable bonds is 5. The Bertz CT molecular complexity index is 984. The highest BCUT2D eigenvalue weighted by Gasteiger charge is 2.40. The Labute approximate surface area is 182 Å². The predicted octanol–water partition coefficient (Wildman–Crippen LogP) is 1.93. The molecule has 9 nitrogen and oxygen atoms in total. The van der Waals surface area contributed by atoms with E-state index in [1.807, 2.05) is 4.72 Å². The quantitative estimate of drug-likeness (QED) is 0.641. The van der Waals surface area contributed by atoms with Gasteiger partial charge in [-0.15, -0.1) is 0 Å². The van der Waals surface area contributed by atoms with Crippen LogP contribution < -0.4 is 9.46 Å². The summed E-state index contributed by atoms with van der Waals surface area (Å²) in [6.07, 6.45) is -4.67. The van der Waals surface area contributed by atoms with Crippen molar-refractivity contribution < 1.29 is 45.4 Å². The molecule has 178 valence electrons. The number of sulfonamides is 1. The number of hydrogen-bond acceptors (Lipinski definition) is 7.